The predicted octanol–water partition coefficient (Wildman–Crippen LogP) is 3.15. The van der Waals surface area contributed by atoms with Crippen molar-refractivity contribution in [2.45, 2.75) is 13.0 Å². The lowest BCUT2D eigenvalue weighted by Gasteiger charge is -2.40. The second-order valence-electron chi connectivity index (χ2n) is 8.33. The van der Waals surface area contributed by atoms with Gasteiger partial charge in [0.05, 0.1) is 6.04 Å². The number of nitrogens with one attached hydrogen (secondary N) is 2. The Labute approximate surface area is 198 Å². The number of benzene rings is 2. The third kappa shape index (κ3) is 5.96. The molecule has 1 saturated heterocycles. The molecule has 4 rings (SSSR count). The molecular weight excluding hydrogens is 433 g/mol. The third-order valence-electron chi connectivity index (χ3n) is 5.99. The lowest BCUT2D eigenvalue weighted by atomic mass is 10.1. The molecular formula is C26H28FN5O2. The van der Waals surface area contributed by atoms with E-state index < -0.39 is 11.8 Å². The fourth-order valence-corrected chi connectivity index (χ4v) is 4.07. The second-order valence-corrected chi connectivity index (χ2v) is 8.33. The molecule has 1 fully saturated rings. The maximum absolute atomic E-state index is 13.3. The minimum atomic E-state index is -0.699. The van der Waals surface area contributed by atoms with E-state index in [9.17, 15) is 14.0 Å². The molecule has 1 aromatic heterocycles. The SMILES string of the molecule is Cc1ccc(NC(=O)C(=O)NCC(c2cccnc2)N2CCN(c3ccc(F)cc3)CC2)cc1. The van der Waals surface area contributed by atoms with E-state index in [0.717, 1.165) is 43.0 Å². The topological polar surface area (TPSA) is 77.6 Å². The second kappa shape index (κ2) is 10.9. The van der Waals surface area contributed by atoms with Crippen LogP contribution in [-0.2, 0) is 9.59 Å². The summed E-state index contributed by atoms with van der Waals surface area (Å²) in [6.07, 6.45) is 3.50. The summed E-state index contributed by atoms with van der Waals surface area (Å²) >= 11 is 0. The van der Waals surface area contributed by atoms with E-state index in [1.807, 2.05) is 31.2 Å². The highest BCUT2D eigenvalue weighted by atomic mass is 19.1. The van der Waals surface area contributed by atoms with Crippen LogP contribution in [0.5, 0.6) is 0 Å². The largest absolute Gasteiger partial charge is 0.369 e. The van der Waals surface area contributed by atoms with Crippen LogP contribution in [0.15, 0.2) is 73.1 Å². The molecule has 0 saturated carbocycles. The Morgan fingerprint density at radius 1 is 0.971 bits per heavy atom. The first-order chi connectivity index (χ1) is 16.5. The Hall–Kier alpha value is -3.78. The summed E-state index contributed by atoms with van der Waals surface area (Å²) in [5.74, 6) is -1.63. The molecule has 1 aliphatic heterocycles. The van der Waals surface area contributed by atoms with Crippen LogP contribution in [0.1, 0.15) is 17.2 Å². The lowest BCUT2D eigenvalue weighted by molar-refractivity contribution is -0.136. The van der Waals surface area contributed by atoms with Gasteiger partial charge in [0.25, 0.3) is 0 Å². The molecule has 176 valence electrons. The molecule has 0 bridgehead atoms. The van der Waals surface area contributed by atoms with Gasteiger partial charge in [0.2, 0.25) is 0 Å². The molecule has 0 radical (unpaired) electrons. The van der Waals surface area contributed by atoms with Crippen LogP contribution < -0.4 is 15.5 Å². The van der Waals surface area contributed by atoms with Gasteiger partial charge in [0, 0.05) is 56.5 Å². The Morgan fingerprint density at radius 2 is 1.68 bits per heavy atom. The van der Waals surface area contributed by atoms with E-state index in [-0.39, 0.29) is 18.4 Å². The van der Waals surface area contributed by atoms with Crippen molar-refractivity contribution in [3.8, 4) is 0 Å². The number of aryl methyl sites for hydroxylation is 1. The number of aromatic nitrogens is 1. The summed E-state index contributed by atoms with van der Waals surface area (Å²) < 4.78 is 13.3. The van der Waals surface area contributed by atoms with E-state index in [1.165, 1.54) is 12.1 Å². The number of hydrogen-bond donors (Lipinski definition) is 2. The van der Waals surface area contributed by atoms with Gasteiger partial charge in [-0.25, -0.2) is 4.39 Å². The number of carbonyl (C=O) groups is 2. The Kier molecular flexibility index (Phi) is 7.49. The van der Waals surface area contributed by atoms with Crippen LogP contribution >= 0.6 is 0 Å². The van der Waals surface area contributed by atoms with Gasteiger partial charge in [-0.05, 0) is 55.0 Å². The highest BCUT2D eigenvalue weighted by Crippen LogP contribution is 2.24. The molecule has 1 unspecified atom stereocenters. The molecule has 8 heteroatoms. The average molecular weight is 462 g/mol. The molecule has 7 nitrogen and oxygen atoms in total. The molecule has 1 atom stereocenters. The molecule has 0 spiro atoms. The van der Waals surface area contributed by atoms with Gasteiger partial charge < -0.3 is 15.5 Å². The van der Waals surface area contributed by atoms with E-state index >= 15 is 0 Å². The number of hydrogen-bond acceptors (Lipinski definition) is 5. The number of nitrogens with zero attached hydrogens (tertiary/aromatic N) is 3. The molecule has 2 amide bonds. The van der Waals surface area contributed by atoms with Crippen LogP contribution in [0, 0.1) is 12.7 Å². The van der Waals surface area contributed by atoms with Crippen molar-refractivity contribution < 1.29 is 14.0 Å². The monoisotopic (exact) mass is 461 g/mol. The highest BCUT2D eigenvalue weighted by molar-refractivity contribution is 6.39. The van der Waals surface area contributed by atoms with Gasteiger partial charge in [0.1, 0.15) is 5.82 Å². The standard InChI is InChI=1S/C26H28FN5O2/c1-19-4-8-22(9-5-19)30-26(34)25(33)29-18-24(20-3-2-12-28-17-20)32-15-13-31(14-16-32)23-10-6-21(27)7-11-23/h2-12,17,24H,13-16,18H2,1H3,(H,29,33)(H,30,34). The summed E-state index contributed by atoms with van der Waals surface area (Å²) in [5, 5.41) is 5.41. The molecule has 2 N–H and O–H groups in total. The Balaban J connectivity index is 1.38. The summed E-state index contributed by atoms with van der Waals surface area (Å²) in [6.45, 7) is 5.28. The minimum Gasteiger partial charge on any atom is -0.369 e. The summed E-state index contributed by atoms with van der Waals surface area (Å²) in [7, 11) is 0. The van der Waals surface area contributed by atoms with Crippen molar-refractivity contribution in [3.05, 3.63) is 90.0 Å². The van der Waals surface area contributed by atoms with Crippen molar-refractivity contribution in [3.63, 3.8) is 0 Å². The zero-order chi connectivity index (χ0) is 23.9. The van der Waals surface area contributed by atoms with Crippen molar-refractivity contribution in [1.29, 1.82) is 0 Å². The average Bonchev–Trinajstić information content (AvgIpc) is 2.87. The molecule has 2 heterocycles. The Morgan fingerprint density at radius 3 is 2.32 bits per heavy atom. The lowest BCUT2D eigenvalue weighted by Crippen LogP contribution is -2.50. The molecule has 1 aliphatic rings. The van der Waals surface area contributed by atoms with Gasteiger partial charge in [-0.1, -0.05) is 23.8 Å². The maximum atomic E-state index is 13.3. The zero-order valence-corrected chi connectivity index (χ0v) is 19.1. The highest BCUT2D eigenvalue weighted by Gasteiger charge is 2.27. The van der Waals surface area contributed by atoms with E-state index in [0.29, 0.717) is 5.69 Å². The Bertz CT molecular complexity index is 1100. The molecule has 3 aromatic rings. The van der Waals surface area contributed by atoms with Crippen molar-refractivity contribution in [1.82, 2.24) is 15.2 Å². The van der Waals surface area contributed by atoms with Gasteiger partial charge >= 0.3 is 11.8 Å². The first kappa shape index (κ1) is 23.4. The van der Waals surface area contributed by atoms with Crippen LogP contribution in [0.4, 0.5) is 15.8 Å². The summed E-state index contributed by atoms with van der Waals surface area (Å²) in [5.41, 5.74) is 3.60. The first-order valence-electron chi connectivity index (χ1n) is 11.3. The van der Waals surface area contributed by atoms with E-state index in [1.54, 1.807) is 36.7 Å². The van der Waals surface area contributed by atoms with Crippen molar-refractivity contribution in [2.75, 3.05) is 42.9 Å². The smallest absolute Gasteiger partial charge is 0.313 e. The number of rotatable bonds is 6. The predicted molar refractivity (Wildman–Crippen MR) is 130 cm³/mol. The van der Waals surface area contributed by atoms with Crippen LogP contribution in [0.3, 0.4) is 0 Å². The number of amides is 2. The third-order valence-corrected chi connectivity index (χ3v) is 5.99. The number of piperazine rings is 1. The van der Waals surface area contributed by atoms with Gasteiger partial charge in [-0.3, -0.25) is 19.5 Å². The quantitative estimate of drug-likeness (QED) is 0.552. The van der Waals surface area contributed by atoms with E-state index in [4.69, 9.17) is 0 Å². The maximum Gasteiger partial charge on any atom is 0.313 e. The zero-order valence-electron chi connectivity index (χ0n) is 19.1. The molecule has 0 aliphatic carbocycles. The van der Waals surface area contributed by atoms with Crippen molar-refractivity contribution >= 4 is 23.2 Å². The van der Waals surface area contributed by atoms with Crippen LogP contribution in [0.2, 0.25) is 0 Å². The number of pyridine rings is 1. The molecule has 2 aromatic carbocycles. The van der Waals surface area contributed by atoms with Crippen LogP contribution in [-0.4, -0.2) is 54.4 Å². The van der Waals surface area contributed by atoms with Gasteiger partial charge in [0.15, 0.2) is 0 Å². The first-order valence-corrected chi connectivity index (χ1v) is 11.3. The molecule has 34 heavy (non-hydrogen) atoms. The van der Waals surface area contributed by atoms with E-state index in [2.05, 4.69) is 25.4 Å². The van der Waals surface area contributed by atoms with Crippen LogP contribution in [0.25, 0.3) is 0 Å². The van der Waals surface area contributed by atoms with Crippen molar-refractivity contribution in [2.24, 2.45) is 0 Å². The number of carbonyl (C=O) groups excluding carboxylic acids is 2. The number of anilines is 2. The van der Waals surface area contributed by atoms with Gasteiger partial charge in [-0.15, -0.1) is 0 Å². The van der Waals surface area contributed by atoms with Gasteiger partial charge in [-0.2, -0.15) is 0 Å². The fraction of sp³-hybridized carbons (Fsp3) is 0.269. The minimum absolute atomic E-state index is 0.125. The fourth-order valence-electron chi connectivity index (χ4n) is 4.07. The summed E-state index contributed by atoms with van der Waals surface area (Å²) in [4.78, 5) is 33.6. The summed E-state index contributed by atoms with van der Waals surface area (Å²) in [6, 6.07) is 17.5. The number of halogens is 1. The normalized spacial score (nSPS) is 14.9.